The van der Waals surface area contributed by atoms with Gasteiger partial charge in [0.2, 0.25) is 0 Å². The lowest BCUT2D eigenvalue weighted by molar-refractivity contribution is -0.144. The van der Waals surface area contributed by atoms with Crippen LogP contribution in [0.15, 0.2) is 36.0 Å². The molecule has 0 fully saturated rings. The maximum absolute atomic E-state index is 11.4. The zero-order valence-corrected chi connectivity index (χ0v) is 10.9. The molecular weight excluding hydrogens is 250 g/mol. The highest BCUT2D eigenvalue weighted by Gasteiger charge is 2.19. The first-order chi connectivity index (χ1) is 9.12. The van der Waals surface area contributed by atoms with Crippen molar-refractivity contribution in [2.45, 2.75) is 0 Å². The minimum atomic E-state index is -0.770. The van der Waals surface area contributed by atoms with Crippen molar-refractivity contribution in [3.63, 3.8) is 0 Å². The highest BCUT2D eigenvalue weighted by Crippen LogP contribution is 2.15. The molecule has 0 aromatic heterocycles. The molecule has 0 heterocycles. The fourth-order valence-corrected chi connectivity index (χ4v) is 1.26. The molecule has 0 radical (unpaired) electrons. The van der Waals surface area contributed by atoms with Crippen molar-refractivity contribution < 1.29 is 23.8 Å². The van der Waals surface area contributed by atoms with Gasteiger partial charge in [-0.2, -0.15) is 0 Å². The first kappa shape index (κ1) is 14.6. The van der Waals surface area contributed by atoms with Crippen LogP contribution in [0.1, 0.15) is 0 Å². The number of esters is 2. The third-order valence-electron chi connectivity index (χ3n) is 2.28. The monoisotopic (exact) mass is 265 g/mol. The molecule has 1 aromatic carbocycles. The second-order valence-corrected chi connectivity index (χ2v) is 3.41. The van der Waals surface area contributed by atoms with Crippen molar-refractivity contribution >= 4 is 17.6 Å². The standard InChI is InChI=1S/C13H15NO5/c1-17-10-6-4-9(5-7-10)14-8-11(12(15)18-2)13(16)19-3/h4-8,14H,1-3H3. The minimum Gasteiger partial charge on any atom is -0.497 e. The van der Waals surface area contributed by atoms with Gasteiger partial charge in [-0.25, -0.2) is 9.59 Å². The van der Waals surface area contributed by atoms with Crippen LogP contribution in [0.3, 0.4) is 0 Å². The average Bonchev–Trinajstić information content (AvgIpc) is 2.47. The van der Waals surface area contributed by atoms with Gasteiger partial charge in [0.05, 0.1) is 21.3 Å². The van der Waals surface area contributed by atoms with E-state index in [2.05, 4.69) is 14.8 Å². The van der Waals surface area contributed by atoms with Crippen LogP contribution in [-0.4, -0.2) is 33.3 Å². The summed E-state index contributed by atoms with van der Waals surface area (Å²) in [6, 6.07) is 6.96. The van der Waals surface area contributed by atoms with Crippen LogP contribution < -0.4 is 10.1 Å². The van der Waals surface area contributed by atoms with Gasteiger partial charge in [0.15, 0.2) is 5.57 Å². The van der Waals surface area contributed by atoms with Crippen LogP contribution in [0.2, 0.25) is 0 Å². The molecule has 0 saturated heterocycles. The smallest absolute Gasteiger partial charge is 0.346 e. The Morgan fingerprint density at radius 2 is 1.53 bits per heavy atom. The van der Waals surface area contributed by atoms with Gasteiger partial charge in [0.1, 0.15) is 5.75 Å². The predicted molar refractivity (Wildman–Crippen MR) is 68.7 cm³/mol. The van der Waals surface area contributed by atoms with Crippen LogP contribution in [0.5, 0.6) is 5.75 Å². The number of ether oxygens (including phenoxy) is 3. The molecule has 102 valence electrons. The lowest BCUT2D eigenvalue weighted by Crippen LogP contribution is -2.17. The van der Waals surface area contributed by atoms with E-state index < -0.39 is 11.9 Å². The molecule has 1 aromatic rings. The molecule has 1 N–H and O–H groups in total. The summed E-state index contributed by atoms with van der Waals surface area (Å²) in [4.78, 5) is 22.8. The number of hydrogen-bond donors (Lipinski definition) is 1. The van der Waals surface area contributed by atoms with Gasteiger partial charge in [0, 0.05) is 11.9 Å². The Morgan fingerprint density at radius 1 is 1.00 bits per heavy atom. The van der Waals surface area contributed by atoms with Crippen LogP contribution in [-0.2, 0) is 19.1 Å². The number of rotatable bonds is 5. The lowest BCUT2D eigenvalue weighted by atomic mass is 10.2. The van der Waals surface area contributed by atoms with Crippen molar-refractivity contribution in [1.82, 2.24) is 0 Å². The second kappa shape index (κ2) is 7.05. The van der Waals surface area contributed by atoms with Gasteiger partial charge < -0.3 is 19.5 Å². The molecule has 0 spiro atoms. The summed E-state index contributed by atoms with van der Waals surface area (Å²) in [5.74, 6) is -0.837. The zero-order valence-electron chi connectivity index (χ0n) is 10.9. The molecule has 0 aliphatic rings. The maximum Gasteiger partial charge on any atom is 0.346 e. The Labute approximate surface area is 111 Å². The third kappa shape index (κ3) is 4.02. The molecule has 0 saturated carbocycles. The molecule has 0 aliphatic heterocycles. The maximum atomic E-state index is 11.4. The van der Waals surface area contributed by atoms with E-state index in [1.807, 2.05) is 0 Å². The van der Waals surface area contributed by atoms with Crippen molar-refractivity contribution in [2.24, 2.45) is 0 Å². The van der Waals surface area contributed by atoms with E-state index in [1.54, 1.807) is 31.4 Å². The number of benzene rings is 1. The highest BCUT2D eigenvalue weighted by atomic mass is 16.5. The van der Waals surface area contributed by atoms with Gasteiger partial charge in [-0.15, -0.1) is 0 Å². The van der Waals surface area contributed by atoms with E-state index in [-0.39, 0.29) is 5.57 Å². The summed E-state index contributed by atoms with van der Waals surface area (Å²) in [5.41, 5.74) is 0.465. The van der Waals surface area contributed by atoms with Gasteiger partial charge >= 0.3 is 11.9 Å². The molecular formula is C13H15NO5. The van der Waals surface area contributed by atoms with E-state index in [1.165, 1.54) is 20.4 Å². The van der Waals surface area contributed by atoms with Gasteiger partial charge in [-0.1, -0.05) is 0 Å². The number of nitrogens with one attached hydrogen (secondary N) is 1. The van der Waals surface area contributed by atoms with E-state index in [0.717, 1.165) is 0 Å². The van der Waals surface area contributed by atoms with Crippen molar-refractivity contribution in [3.05, 3.63) is 36.0 Å². The van der Waals surface area contributed by atoms with Crippen LogP contribution >= 0.6 is 0 Å². The molecule has 0 bridgehead atoms. The molecule has 0 unspecified atom stereocenters. The Morgan fingerprint density at radius 3 is 1.95 bits per heavy atom. The van der Waals surface area contributed by atoms with E-state index in [4.69, 9.17) is 4.74 Å². The summed E-state index contributed by atoms with van der Waals surface area (Å²) < 4.78 is 14.0. The number of carbonyl (C=O) groups is 2. The zero-order chi connectivity index (χ0) is 14.3. The van der Waals surface area contributed by atoms with Gasteiger partial charge in [0.25, 0.3) is 0 Å². The first-order valence-corrected chi connectivity index (χ1v) is 5.39. The van der Waals surface area contributed by atoms with Crippen molar-refractivity contribution in [1.29, 1.82) is 0 Å². The fourth-order valence-electron chi connectivity index (χ4n) is 1.26. The summed E-state index contributed by atoms with van der Waals surface area (Å²) >= 11 is 0. The first-order valence-electron chi connectivity index (χ1n) is 5.39. The quantitative estimate of drug-likeness (QED) is 0.375. The Hall–Kier alpha value is -2.50. The molecule has 0 amide bonds. The molecule has 0 aliphatic carbocycles. The van der Waals surface area contributed by atoms with Crippen molar-refractivity contribution in [2.75, 3.05) is 26.6 Å². The number of hydrogen-bond acceptors (Lipinski definition) is 6. The molecule has 19 heavy (non-hydrogen) atoms. The molecule has 6 heteroatoms. The summed E-state index contributed by atoms with van der Waals surface area (Å²) in [5, 5.41) is 2.81. The molecule has 1 rings (SSSR count). The Kier molecular flexibility index (Phi) is 5.40. The average molecular weight is 265 g/mol. The summed E-state index contributed by atoms with van der Waals surface area (Å²) in [6.45, 7) is 0. The minimum absolute atomic E-state index is 0.221. The Bertz CT molecular complexity index is 460. The number of anilines is 1. The van der Waals surface area contributed by atoms with E-state index >= 15 is 0 Å². The highest BCUT2D eigenvalue weighted by molar-refractivity contribution is 6.14. The normalized spacial score (nSPS) is 9.21. The van der Waals surface area contributed by atoms with Crippen LogP contribution in [0, 0.1) is 0 Å². The molecule has 6 nitrogen and oxygen atoms in total. The van der Waals surface area contributed by atoms with Crippen molar-refractivity contribution in [3.8, 4) is 5.75 Å². The largest absolute Gasteiger partial charge is 0.497 e. The Balaban J connectivity index is 2.84. The van der Waals surface area contributed by atoms with Crippen LogP contribution in [0.25, 0.3) is 0 Å². The van der Waals surface area contributed by atoms with Crippen LogP contribution in [0.4, 0.5) is 5.69 Å². The third-order valence-corrected chi connectivity index (χ3v) is 2.28. The van der Waals surface area contributed by atoms with E-state index in [0.29, 0.717) is 11.4 Å². The van der Waals surface area contributed by atoms with E-state index in [9.17, 15) is 9.59 Å². The molecule has 0 atom stereocenters. The topological polar surface area (TPSA) is 73.9 Å². The number of carbonyl (C=O) groups excluding carboxylic acids is 2. The predicted octanol–water partition coefficient (Wildman–Crippen LogP) is 1.34. The summed E-state index contributed by atoms with van der Waals surface area (Å²) in [6.07, 6.45) is 1.24. The lowest BCUT2D eigenvalue weighted by Gasteiger charge is -2.06. The van der Waals surface area contributed by atoms with Gasteiger partial charge in [-0.3, -0.25) is 0 Å². The second-order valence-electron chi connectivity index (χ2n) is 3.41. The SMILES string of the molecule is COC(=O)C(=CNc1ccc(OC)cc1)C(=O)OC. The summed E-state index contributed by atoms with van der Waals surface area (Å²) in [7, 11) is 3.94. The van der Waals surface area contributed by atoms with Gasteiger partial charge in [-0.05, 0) is 24.3 Å². The fraction of sp³-hybridized carbons (Fsp3) is 0.231. The number of methoxy groups -OCH3 is 3.